The third-order valence-electron chi connectivity index (χ3n) is 2.15. The van der Waals surface area contributed by atoms with E-state index in [9.17, 15) is 13.2 Å². The Bertz CT molecular complexity index is 773. The molecule has 1 aromatic heterocycles. The maximum atomic E-state index is 12.1. The Morgan fingerprint density at radius 1 is 1.35 bits per heavy atom. The van der Waals surface area contributed by atoms with Crippen LogP contribution in [0.4, 0.5) is 5.69 Å². The van der Waals surface area contributed by atoms with Crippen molar-refractivity contribution in [3.05, 3.63) is 39.4 Å². The predicted octanol–water partition coefficient (Wildman–Crippen LogP) is 2.95. The average Bonchev–Trinajstić information content (AvgIpc) is 2.83. The van der Waals surface area contributed by atoms with Crippen LogP contribution in [0.25, 0.3) is 0 Å². The Kier molecular flexibility index (Phi) is 4.19. The Balaban J connectivity index is 2.44. The van der Waals surface area contributed by atoms with Crippen molar-refractivity contribution in [3.8, 4) is 0 Å². The molecule has 0 saturated heterocycles. The van der Waals surface area contributed by atoms with Gasteiger partial charge in [-0.1, -0.05) is 23.2 Å². The highest BCUT2D eigenvalue weighted by Crippen LogP contribution is 2.29. The van der Waals surface area contributed by atoms with Crippen LogP contribution in [0.15, 0.2) is 27.9 Å². The molecule has 10 heteroatoms. The van der Waals surface area contributed by atoms with Crippen molar-refractivity contribution in [2.75, 3.05) is 4.72 Å². The normalized spacial score (nSPS) is 11.3. The molecule has 0 unspecified atom stereocenters. The number of nitrogens with one attached hydrogen (secondary N) is 1. The smallest absolute Gasteiger partial charge is 0.356 e. The van der Waals surface area contributed by atoms with Crippen LogP contribution < -0.4 is 4.72 Å². The van der Waals surface area contributed by atoms with Crippen LogP contribution in [0.2, 0.25) is 10.0 Å². The van der Waals surface area contributed by atoms with Gasteiger partial charge in [0.2, 0.25) is 0 Å². The summed E-state index contributed by atoms with van der Waals surface area (Å²) in [5.41, 5.74) is 0.655. The third kappa shape index (κ3) is 3.04. The van der Waals surface area contributed by atoms with Crippen LogP contribution >= 0.6 is 34.5 Å². The number of anilines is 1. The monoisotopic (exact) mass is 352 g/mol. The van der Waals surface area contributed by atoms with E-state index >= 15 is 0 Å². The summed E-state index contributed by atoms with van der Waals surface area (Å²) in [5.74, 6) is -1.43. The van der Waals surface area contributed by atoms with Gasteiger partial charge < -0.3 is 5.11 Å². The molecule has 0 aliphatic heterocycles. The van der Waals surface area contributed by atoms with E-state index < -0.39 is 25.9 Å². The van der Waals surface area contributed by atoms with E-state index in [0.29, 0.717) is 11.3 Å². The first-order chi connectivity index (χ1) is 9.31. The first-order valence-corrected chi connectivity index (χ1v) is 8.08. The van der Waals surface area contributed by atoms with Crippen molar-refractivity contribution in [2.24, 2.45) is 0 Å². The van der Waals surface area contributed by atoms with Gasteiger partial charge in [-0.3, -0.25) is 4.72 Å². The van der Waals surface area contributed by atoms with Gasteiger partial charge in [-0.15, -0.1) is 11.3 Å². The summed E-state index contributed by atoms with van der Waals surface area (Å²) >= 11 is 12.3. The largest absolute Gasteiger partial charge is 0.476 e. The van der Waals surface area contributed by atoms with Crippen LogP contribution in [0.5, 0.6) is 0 Å². The van der Waals surface area contributed by atoms with Crippen LogP contribution in [0, 0.1) is 0 Å². The molecule has 0 fully saturated rings. The first kappa shape index (κ1) is 15.0. The Morgan fingerprint density at radius 3 is 2.70 bits per heavy atom. The lowest BCUT2D eigenvalue weighted by molar-refractivity contribution is 0.0687. The van der Waals surface area contributed by atoms with E-state index in [1.807, 2.05) is 0 Å². The summed E-state index contributed by atoms with van der Waals surface area (Å²) in [4.78, 5) is 14.4. The number of benzene rings is 1. The van der Waals surface area contributed by atoms with Crippen LogP contribution in [0.1, 0.15) is 10.5 Å². The van der Waals surface area contributed by atoms with E-state index in [-0.39, 0.29) is 15.7 Å². The second-order valence-corrected chi connectivity index (χ2v) is 7.10. The number of carboxylic acid groups (broad SMARTS) is 1. The third-order valence-corrected chi connectivity index (χ3v) is 5.45. The molecule has 106 valence electrons. The summed E-state index contributed by atoms with van der Waals surface area (Å²) < 4.78 is 26.1. The van der Waals surface area contributed by atoms with Gasteiger partial charge in [-0.05, 0) is 18.2 Å². The maximum Gasteiger partial charge on any atom is 0.356 e. The average molecular weight is 353 g/mol. The predicted molar refractivity (Wildman–Crippen MR) is 76.3 cm³/mol. The molecular formula is C10H6Cl2N2O4S2. The molecule has 2 N–H and O–H groups in total. The number of aromatic nitrogens is 1. The molecule has 0 amide bonds. The topological polar surface area (TPSA) is 96.4 Å². The SMILES string of the molecule is O=C(O)c1ncsc1S(=O)(=O)Nc1cc(Cl)ccc1Cl. The lowest BCUT2D eigenvalue weighted by Gasteiger charge is -2.08. The van der Waals surface area contributed by atoms with Crippen LogP contribution in [-0.4, -0.2) is 24.5 Å². The highest BCUT2D eigenvalue weighted by Gasteiger charge is 2.26. The van der Waals surface area contributed by atoms with E-state index in [0.717, 1.165) is 5.51 Å². The lowest BCUT2D eigenvalue weighted by Crippen LogP contribution is -2.15. The summed E-state index contributed by atoms with van der Waals surface area (Å²) in [5, 5.41) is 9.31. The van der Waals surface area contributed by atoms with Crippen LogP contribution in [0.3, 0.4) is 0 Å². The molecule has 0 spiro atoms. The number of carbonyl (C=O) groups is 1. The second kappa shape index (κ2) is 5.57. The number of hydrogen-bond acceptors (Lipinski definition) is 5. The number of rotatable bonds is 4. The summed E-state index contributed by atoms with van der Waals surface area (Å²) in [6.07, 6.45) is 0. The van der Waals surface area contributed by atoms with Gasteiger partial charge in [0.05, 0.1) is 16.2 Å². The molecule has 0 bridgehead atoms. The summed E-state index contributed by atoms with van der Waals surface area (Å²) in [6.45, 7) is 0. The highest BCUT2D eigenvalue weighted by molar-refractivity contribution is 7.94. The number of carboxylic acids is 1. The Labute approximate surface area is 128 Å². The van der Waals surface area contributed by atoms with Gasteiger partial charge in [0.15, 0.2) is 9.90 Å². The lowest BCUT2D eigenvalue weighted by atomic mass is 10.3. The number of aromatic carboxylic acids is 1. The Morgan fingerprint density at radius 2 is 2.05 bits per heavy atom. The number of thiazole rings is 1. The molecule has 2 rings (SSSR count). The minimum Gasteiger partial charge on any atom is -0.476 e. The molecule has 0 radical (unpaired) electrons. The van der Waals surface area contributed by atoms with Gasteiger partial charge >= 0.3 is 5.97 Å². The van der Waals surface area contributed by atoms with Crippen molar-refractivity contribution in [2.45, 2.75) is 4.21 Å². The van der Waals surface area contributed by atoms with Gasteiger partial charge in [-0.25, -0.2) is 18.2 Å². The fraction of sp³-hybridized carbons (Fsp3) is 0. The molecular weight excluding hydrogens is 347 g/mol. The van der Waals surface area contributed by atoms with E-state index in [4.69, 9.17) is 28.3 Å². The molecule has 0 saturated carbocycles. The highest BCUT2D eigenvalue weighted by atomic mass is 35.5. The minimum atomic E-state index is -4.10. The van der Waals surface area contributed by atoms with Crippen molar-refractivity contribution in [1.29, 1.82) is 0 Å². The van der Waals surface area contributed by atoms with Gasteiger partial charge in [0, 0.05) is 5.02 Å². The molecule has 20 heavy (non-hydrogen) atoms. The number of nitrogens with zero attached hydrogens (tertiary/aromatic N) is 1. The Hall–Kier alpha value is -1.35. The minimum absolute atomic E-state index is 0.0592. The number of hydrogen-bond donors (Lipinski definition) is 2. The fourth-order valence-corrected chi connectivity index (χ4v) is 3.94. The zero-order chi connectivity index (χ0) is 14.9. The summed E-state index contributed by atoms with van der Waals surface area (Å²) in [7, 11) is -4.10. The summed E-state index contributed by atoms with van der Waals surface area (Å²) in [6, 6.07) is 4.24. The van der Waals surface area contributed by atoms with Crippen molar-refractivity contribution >= 4 is 56.2 Å². The molecule has 2 aromatic rings. The van der Waals surface area contributed by atoms with Crippen molar-refractivity contribution in [1.82, 2.24) is 4.98 Å². The molecule has 0 aliphatic carbocycles. The zero-order valence-electron chi connectivity index (χ0n) is 9.50. The number of halogens is 2. The molecule has 1 aromatic carbocycles. The molecule has 0 atom stereocenters. The molecule has 1 heterocycles. The van der Waals surface area contributed by atoms with Gasteiger partial charge in [0.25, 0.3) is 10.0 Å². The van der Waals surface area contributed by atoms with Crippen LogP contribution in [-0.2, 0) is 10.0 Å². The quantitative estimate of drug-likeness (QED) is 0.881. The van der Waals surface area contributed by atoms with Gasteiger partial charge in [-0.2, -0.15) is 0 Å². The van der Waals surface area contributed by atoms with Crippen molar-refractivity contribution < 1.29 is 18.3 Å². The zero-order valence-corrected chi connectivity index (χ0v) is 12.6. The van der Waals surface area contributed by atoms with Crippen molar-refractivity contribution in [3.63, 3.8) is 0 Å². The van der Waals surface area contributed by atoms with E-state index in [2.05, 4.69) is 9.71 Å². The molecule has 6 nitrogen and oxygen atoms in total. The van der Waals surface area contributed by atoms with E-state index in [1.54, 1.807) is 0 Å². The van der Waals surface area contributed by atoms with E-state index in [1.165, 1.54) is 18.2 Å². The fourth-order valence-electron chi connectivity index (χ4n) is 1.34. The van der Waals surface area contributed by atoms with Gasteiger partial charge in [0.1, 0.15) is 0 Å². The number of sulfonamides is 1. The standard InChI is InChI=1S/C10H6Cl2N2O4S2/c11-5-1-2-6(12)7(3-5)14-20(17,18)10-8(9(15)16)13-4-19-10/h1-4,14H,(H,15,16). The molecule has 0 aliphatic rings. The maximum absolute atomic E-state index is 12.1. The second-order valence-electron chi connectivity index (χ2n) is 3.52. The first-order valence-electron chi connectivity index (χ1n) is 4.96.